The monoisotopic (exact) mass is 330 g/mol. The molecule has 1 amide bonds. The van der Waals surface area contributed by atoms with Gasteiger partial charge in [0.15, 0.2) is 0 Å². The van der Waals surface area contributed by atoms with Crippen LogP contribution < -0.4 is 5.32 Å². The number of nitrogens with one attached hydrogen (secondary N) is 2. The molecule has 0 aliphatic heterocycles. The Balaban J connectivity index is 1.46. The number of nitrogens with zero attached hydrogens (tertiary/aromatic N) is 2. The second-order valence-corrected chi connectivity index (χ2v) is 5.89. The summed E-state index contributed by atoms with van der Waals surface area (Å²) in [5.74, 6) is -0.00199. The molecule has 4 aromatic rings. The van der Waals surface area contributed by atoms with E-state index in [2.05, 4.69) is 21.4 Å². The van der Waals surface area contributed by atoms with Crippen LogP contribution in [0, 0.1) is 0 Å². The van der Waals surface area contributed by atoms with Crippen LogP contribution in [-0.4, -0.2) is 20.4 Å². The minimum absolute atomic E-state index is 0.00199. The summed E-state index contributed by atoms with van der Waals surface area (Å²) in [7, 11) is 0. The number of imidazole rings is 1. The van der Waals surface area contributed by atoms with E-state index in [0.29, 0.717) is 12.8 Å². The van der Waals surface area contributed by atoms with E-state index in [1.54, 1.807) is 12.5 Å². The summed E-state index contributed by atoms with van der Waals surface area (Å²) in [4.78, 5) is 19.7. The Bertz CT molecular complexity index is 1000. The van der Waals surface area contributed by atoms with E-state index in [1.165, 1.54) is 5.39 Å². The van der Waals surface area contributed by atoms with Gasteiger partial charge in [-0.25, -0.2) is 4.98 Å². The van der Waals surface area contributed by atoms with E-state index in [1.807, 2.05) is 59.4 Å². The summed E-state index contributed by atoms with van der Waals surface area (Å²) >= 11 is 0. The van der Waals surface area contributed by atoms with Crippen LogP contribution in [0.3, 0.4) is 0 Å². The van der Waals surface area contributed by atoms with Crippen LogP contribution in [0.15, 0.2) is 73.4 Å². The number of fused-ring (bicyclic) bond motifs is 1. The van der Waals surface area contributed by atoms with Gasteiger partial charge in [-0.2, -0.15) is 0 Å². The summed E-state index contributed by atoms with van der Waals surface area (Å²) < 4.78 is 1.88. The van der Waals surface area contributed by atoms with Crippen molar-refractivity contribution in [2.45, 2.75) is 12.8 Å². The lowest BCUT2D eigenvalue weighted by atomic mass is 10.1. The molecule has 2 aromatic carbocycles. The fraction of sp³-hybridized carbons (Fsp3) is 0.100. The van der Waals surface area contributed by atoms with Crippen molar-refractivity contribution in [3.63, 3.8) is 0 Å². The van der Waals surface area contributed by atoms with Crippen molar-refractivity contribution in [3.8, 4) is 5.69 Å². The normalized spacial score (nSPS) is 10.9. The van der Waals surface area contributed by atoms with Crippen LogP contribution in [0.2, 0.25) is 0 Å². The van der Waals surface area contributed by atoms with E-state index in [-0.39, 0.29) is 5.91 Å². The first-order valence-corrected chi connectivity index (χ1v) is 8.23. The van der Waals surface area contributed by atoms with Crippen molar-refractivity contribution in [1.29, 1.82) is 0 Å². The van der Waals surface area contributed by atoms with Gasteiger partial charge in [0.05, 0.1) is 17.7 Å². The van der Waals surface area contributed by atoms with Crippen molar-refractivity contribution in [1.82, 2.24) is 14.5 Å². The fourth-order valence-corrected chi connectivity index (χ4v) is 3.01. The second-order valence-electron chi connectivity index (χ2n) is 5.89. The zero-order chi connectivity index (χ0) is 17.1. The molecule has 0 saturated heterocycles. The maximum Gasteiger partial charge on any atom is 0.224 e. The minimum Gasteiger partial charge on any atom is -0.361 e. The lowest BCUT2D eigenvalue weighted by Crippen LogP contribution is -2.14. The zero-order valence-electron chi connectivity index (χ0n) is 13.6. The fourth-order valence-electron chi connectivity index (χ4n) is 3.01. The zero-order valence-corrected chi connectivity index (χ0v) is 13.6. The third-order valence-electron chi connectivity index (χ3n) is 4.26. The highest BCUT2D eigenvalue weighted by atomic mass is 16.1. The largest absolute Gasteiger partial charge is 0.361 e. The number of rotatable bonds is 5. The molecule has 5 heteroatoms. The van der Waals surface area contributed by atoms with Crippen LogP contribution in [0.5, 0.6) is 0 Å². The molecule has 0 saturated carbocycles. The maximum atomic E-state index is 12.4. The number of anilines is 1. The molecule has 0 atom stereocenters. The molecule has 0 aliphatic carbocycles. The van der Waals surface area contributed by atoms with E-state index < -0.39 is 0 Å². The van der Waals surface area contributed by atoms with Crippen molar-refractivity contribution < 1.29 is 4.79 Å². The Kier molecular flexibility index (Phi) is 4.04. The third-order valence-corrected chi connectivity index (χ3v) is 4.26. The SMILES string of the molecule is O=C(CCc1c[nH]c2ccccc12)Nc1ccccc1-n1ccnc1. The molecule has 0 spiro atoms. The highest BCUT2D eigenvalue weighted by molar-refractivity contribution is 5.93. The van der Waals surface area contributed by atoms with Crippen LogP contribution in [0.25, 0.3) is 16.6 Å². The van der Waals surface area contributed by atoms with Gasteiger partial charge in [-0.05, 0) is 30.2 Å². The van der Waals surface area contributed by atoms with Gasteiger partial charge in [0.25, 0.3) is 0 Å². The molecule has 2 N–H and O–H groups in total. The van der Waals surface area contributed by atoms with Crippen LogP contribution in [-0.2, 0) is 11.2 Å². The molecule has 0 bridgehead atoms. The number of aromatic amines is 1. The molecule has 0 unspecified atom stereocenters. The number of carbonyl (C=O) groups excluding carboxylic acids is 1. The Hall–Kier alpha value is -3.34. The molecule has 0 aliphatic rings. The molecule has 0 radical (unpaired) electrons. The molecule has 4 rings (SSSR count). The van der Waals surface area contributed by atoms with E-state index in [9.17, 15) is 4.79 Å². The van der Waals surface area contributed by atoms with Crippen molar-refractivity contribution >= 4 is 22.5 Å². The summed E-state index contributed by atoms with van der Waals surface area (Å²) in [5.41, 5.74) is 3.95. The predicted molar refractivity (Wildman–Crippen MR) is 98.8 cm³/mol. The lowest BCUT2D eigenvalue weighted by Gasteiger charge is -2.11. The highest BCUT2D eigenvalue weighted by Crippen LogP contribution is 2.21. The summed E-state index contributed by atoms with van der Waals surface area (Å²) in [6.07, 6.45) is 8.41. The van der Waals surface area contributed by atoms with Gasteiger partial charge in [-0.1, -0.05) is 30.3 Å². The average molecular weight is 330 g/mol. The van der Waals surface area contributed by atoms with Gasteiger partial charge in [-0.3, -0.25) is 4.79 Å². The molecule has 2 heterocycles. The first-order valence-electron chi connectivity index (χ1n) is 8.23. The van der Waals surface area contributed by atoms with Gasteiger partial charge in [-0.15, -0.1) is 0 Å². The van der Waals surface area contributed by atoms with Crippen molar-refractivity contribution in [3.05, 3.63) is 79.0 Å². The Morgan fingerprint density at radius 1 is 1.12 bits per heavy atom. The predicted octanol–water partition coefficient (Wildman–Crippen LogP) is 3.92. The van der Waals surface area contributed by atoms with Crippen molar-refractivity contribution in [2.24, 2.45) is 0 Å². The van der Waals surface area contributed by atoms with Crippen LogP contribution >= 0.6 is 0 Å². The minimum atomic E-state index is -0.00199. The number of benzene rings is 2. The summed E-state index contributed by atoms with van der Waals surface area (Å²) in [6, 6.07) is 15.8. The first kappa shape index (κ1) is 15.2. The quantitative estimate of drug-likeness (QED) is 0.582. The van der Waals surface area contributed by atoms with Gasteiger partial charge >= 0.3 is 0 Å². The van der Waals surface area contributed by atoms with E-state index >= 15 is 0 Å². The Morgan fingerprint density at radius 3 is 2.84 bits per heavy atom. The van der Waals surface area contributed by atoms with Gasteiger partial charge in [0.1, 0.15) is 0 Å². The van der Waals surface area contributed by atoms with E-state index in [4.69, 9.17) is 0 Å². The molecule has 2 aromatic heterocycles. The Labute approximate surface area is 145 Å². The number of hydrogen-bond donors (Lipinski definition) is 2. The van der Waals surface area contributed by atoms with Crippen LogP contribution in [0.4, 0.5) is 5.69 Å². The number of H-pyrrole nitrogens is 1. The van der Waals surface area contributed by atoms with E-state index in [0.717, 1.165) is 22.5 Å². The second kappa shape index (κ2) is 6.65. The summed E-state index contributed by atoms with van der Waals surface area (Å²) in [5, 5.41) is 4.19. The van der Waals surface area contributed by atoms with Gasteiger partial charge in [0, 0.05) is 35.9 Å². The summed E-state index contributed by atoms with van der Waals surface area (Å²) in [6.45, 7) is 0. The van der Waals surface area contributed by atoms with Gasteiger partial charge in [0.2, 0.25) is 5.91 Å². The Morgan fingerprint density at radius 2 is 1.96 bits per heavy atom. The number of carbonyl (C=O) groups is 1. The molecule has 0 fully saturated rings. The molecular weight excluding hydrogens is 312 g/mol. The number of para-hydroxylation sites is 3. The standard InChI is InChI=1S/C20H18N4O/c25-20(10-9-15-13-22-17-6-2-1-5-16(15)17)23-18-7-3-4-8-19(18)24-12-11-21-14-24/h1-8,11-14,22H,9-10H2,(H,23,25). The number of aryl methyl sites for hydroxylation is 1. The highest BCUT2D eigenvalue weighted by Gasteiger charge is 2.10. The third kappa shape index (κ3) is 3.17. The first-order chi connectivity index (χ1) is 12.3. The molecule has 25 heavy (non-hydrogen) atoms. The maximum absolute atomic E-state index is 12.4. The van der Waals surface area contributed by atoms with Crippen LogP contribution in [0.1, 0.15) is 12.0 Å². The number of aromatic nitrogens is 3. The van der Waals surface area contributed by atoms with Crippen molar-refractivity contribution in [2.75, 3.05) is 5.32 Å². The number of amides is 1. The van der Waals surface area contributed by atoms with Gasteiger partial charge < -0.3 is 14.9 Å². The topological polar surface area (TPSA) is 62.7 Å². The number of hydrogen-bond acceptors (Lipinski definition) is 2. The molecule has 124 valence electrons. The smallest absolute Gasteiger partial charge is 0.224 e. The lowest BCUT2D eigenvalue weighted by molar-refractivity contribution is -0.116. The molecular formula is C20H18N4O. The molecule has 5 nitrogen and oxygen atoms in total. The average Bonchev–Trinajstić information content (AvgIpc) is 3.30.